The summed E-state index contributed by atoms with van der Waals surface area (Å²) in [6.07, 6.45) is 4.52. The summed E-state index contributed by atoms with van der Waals surface area (Å²) in [4.78, 5) is 36.9. The van der Waals surface area contributed by atoms with Crippen LogP contribution in [0.15, 0.2) is 42.6 Å². The predicted molar refractivity (Wildman–Crippen MR) is 148 cm³/mol. The Bertz CT molecular complexity index is 1290. The van der Waals surface area contributed by atoms with E-state index in [9.17, 15) is 22.8 Å². The number of rotatable bonds is 10. The van der Waals surface area contributed by atoms with Crippen LogP contribution in [0.2, 0.25) is 0 Å². The van der Waals surface area contributed by atoms with Gasteiger partial charge in [-0.3, -0.25) is 9.59 Å². The molecule has 2 heterocycles. The Hall–Kier alpha value is -4.11. The first-order valence-corrected chi connectivity index (χ1v) is 12.8. The number of anilines is 3. The van der Waals surface area contributed by atoms with Crippen molar-refractivity contribution in [1.29, 1.82) is 0 Å². The molecule has 1 aliphatic rings. The molecule has 1 aliphatic heterocycles. The zero-order valence-electron chi connectivity index (χ0n) is 23.0. The Balaban J connectivity index is 1.54. The van der Waals surface area contributed by atoms with Gasteiger partial charge in [0.15, 0.2) is 0 Å². The van der Waals surface area contributed by atoms with Gasteiger partial charge in [0.25, 0.3) is 5.92 Å². The number of carbonyl (C=O) groups excluding carboxylic acids is 2. The van der Waals surface area contributed by atoms with Crippen molar-refractivity contribution in [3.05, 3.63) is 54.0 Å². The third kappa shape index (κ3) is 8.19. The lowest BCUT2D eigenvalue weighted by Crippen LogP contribution is -2.55. The third-order valence-electron chi connectivity index (χ3n) is 6.19. The summed E-state index contributed by atoms with van der Waals surface area (Å²) in [6, 6.07) is 5.80. The van der Waals surface area contributed by atoms with E-state index in [4.69, 9.17) is 0 Å². The molecule has 1 aromatic heterocycles. The molecule has 0 radical (unpaired) electrons. The van der Waals surface area contributed by atoms with Gasteiger partial charge < -0.3 is 25.8 Å². The maximum absolute atomic E-state index is 14.3. The quantitative estimate of drug-likeness (QED) is 0.234. The molecule has 1 saturated heterocycles. The van der Waals surface area contributed by atoms with Gasteiger partial charge in [-0.2, -0.15) is 4.98 Å². The van der Waals surface area contributed by atoms with Gasteiger partial charge in [-0.1, -0.05) is 17.9 Å². The van der Waals surface area contributed by atoms with E-state index in [2.05, 4.69) is 37.8 Å². The molecule has 2 aromatic rings. The van der Waals surface area contributed by atoms with Crippen LogP contribution in [0.4, 0.5) is 30.6 Å². The number of nitrogens with one attached hydrogen (secondary N) is 3. The first kappa shape index (κ1) is 30.4. The fourth-order valence-corrected chi connectivity index (χ4v) is 4.15. The van der Waals surface area contributed by atoms with Gasteiger partial charge in [0.2, 0.25) is 17.8 Å². The SMILES string of the molecule is CNc1nc(Nc2ccc(F)cc2)ncc1C#CCCCNC(=O)[C@]1(C)CC(F)(F)CN1C(=O)/C=C/CN(C)C. The zero-order chi connectivity index (χ0) is 29.3. The Labute approximate surface area is 232 Å². The number of likely N-dealkylation sites (N-methyl/N-ethyl adjacent to an activating group) is 1. The van der Waals surface area contributed by atoms with Crippen LogP contribution in [0.5, 0.6) is 0 Å². The summed E-state index contributed by atoms with van der Waals surface area (Å²) < 4.78 is 41.6. The van der Waals surface area contributed by atoms with E-state index < -0.39 is 36.2 Å². The Kier molecular flexibility index (Phi) is 10.1. The van der Waals surface area contributed by atoms with E-state index in [1.54, 1.807) is 31.5 Å². The summed E-state index contributed by atoms with van der Waals surface area (Å²) in [6.45, 7) is 1.25. The van der Waals surface area contributed by atoms with E-state index in [0.29, 0.717) is 42.4 Å². The van der Waals surface area contributed by atoms with Crippen molar-refractivity contribution in [3.63, 3.8) is 0 Å². The highest BCUT2D eigenvalue weighted by molar-refractivity contribution is 5.96. The normalized spacial score (nSPS) is 17.9. The van der Waals surface area contributed by atoms with Gasteiger partial charge in [-0.25, -0.2) is 18.2 Å². The van der Waals surface area contributed by atoms with Crippen molar-refractivity contribution in [2.75, 3.05) is 51.4 Å². The summed E-state index contributed by atoms with van der Waals surface area (Å²) in [5.74, 6) is 2.05. The number of unbranched alkanes of at least 4 members (excludes halogenated alkanes) is 1. The number of likely N-dealkylation sites (tertiary alicyclic amines) is 1. The van der Waals surface area contributed by atoms with Crippen LogP contribution in [0, 0.1) is 17.7 Å². The number of alkyl halides is 2. The number of aromatic nitrogens is 2. The van der Waals surface area contributed by atoms with E-state index in [0.717, 1.165) is 4.90 Å². The second-order valence-electron chi connectivity index (χ2n) is 9.89. The molecule has 40 heavy (non-hydrogen) atoms. The minimum atomic E-state index is -3.15. The van der Waals surface area contributed by atoms with Crippen LogP contribution >= 0.6 is 0 Å². The van der Waals surface area contributed by atoms with Crippen LogP contribution in [-0.2, 0) is 9.59 Å². The maximum atomic E-state index is 14.3. The number of halogens is 3. The lowest BCUT2D eigenvalue weighted by molar-refractivity contribution is -0.141. The van der Waals surface area contributed by atoms with Crippen LogP contribution in [0.3, 0.4) is 0 Å². The monoisotopic (exact) mass is 557 g/mol. The minimum absolute atomic E-state index is 0.211. The van der Waals surface area contributed by atoms with Crippen LogP contribution < -0.4 is 16.0 Å². The molecule has 1 aromatic carbocycles. The highest BCUT2D eigenvalue weighted by atomic mass is 19.3. The van der Waals surface area contributed by atoms with E-state index >= 15 is 0 Å². The molecule has 1 atom stereocenters. The average molecular weight is 558 g/mol. The molecule has 0 saturated carbocycles. The summed E-state index contributed by atoms with van der Waals surface area (Å²) >= 11 is 0. The van der Waals surface area contributed by atoms with Gasteiger partial charge in [-0.05, 0) is 51.7 Å². The molecular formula is C28H34F3N7O2. The molecule has 9 nitrogen and oxygen atoms in total. The summed E-state index contributed by atoms with van der Waals surface area (Å²) in [7, 11) is 5.34. The first-order valence-electron chi connectivity index (χ1n) is 12.8. The summed E-state index contributed by atoms with van der Waals surface area (Å²) in [5.41, 5.74) is -0.460. The highest BCUT2D eigenvalue weighted by Crippen LogP contribution is 2.39. The Morgan fingerprint density at radius 1 is 1.23 bits per heavy atom. The van der Waals surface area contributed by atoms with Gasteiger partial charge in [0.1, 0.15) is 17.2 Å². The molecule has 3 rings (SSSR count). The molecule has 0 spiro atoms. The smallest absolute Gasteiger partial charge is 0.268 e. The topological polar surface area (TPSA) is 102 Å². The van der Waals surface area contributed by atoms with Gasteiger partial charge in [0, 0.05) is 44.7 Å². The fraction of sp³-hybridized carbons (Fsp3) is 0.429. The third-order valence-corrected chi connectivity index (χ3v) is 6.19. The van der Waals surface area contributed by atoms with E-state index in [-0.39, 0.29) is 12.4 Å². The van der Waals surface area contributed by atoms with Crippen LogP contribution in [0.25, 0.3) is 0 Å². The van der Waals surface area contributed by atoms with Gasteiger partial charge in [0.05, 0.1) is 18.3 Å². The lowest BCUT2D eigenvalue weighted by Gasteiger charge is -2.32. The predicted octanol–water partition coefficient (Wildman–Crippen LogP) is 3.39. The number of carbonyl (C=O) groups is 2. The van der Waals surface area contributed by atoms with Gasteiger partial charge >= 0.3 is 0 Å². The van der Waals surface area contributed by atoms with Crippen molar-refractivity contribution in [2.45, 2.75) is 37.6 Å². The van der Waals surface area contributed by atoms with Crippen LogP contribution in [-0.4, -0.2) is 83.8 Å². The van der Waals surface area contributed by atoms with Crippen molar-refractivity contribution >= 4 is 29.3 Å². The number of amides is 2. The molecule has 214 valence electrons. The van der Waals surface area contributed by atoms with Crippen molar-refractivity contribution < 1.29 is 22.8 Å². The van der Waals surface area contributed by atoms with Crippen LogP contribution in [0.1, 0.15) is 31.7 Å². The highest BCUT2D eigenvalue weighted by Gasteiger charge is 2.57. The molecule has 0 aliphatic carbocycles. The molecule has 12 heteroatoms. The number of benzene rings is 1. The fourth-order valence-electron chi connectivity index (χ4n) is 4.15. The second-order valence-corrected chi connectivity index (χ2v) is 9.89. The number of hydrogen-bond donors (Lipinski definition) is 3. The van der Waals surface area contributed by atoms with E-state index in [1.165, 1.54) is 25.1 Å². The number of hydrogen-bond acceptors (Lipinski definition) is 7. The molecule has 3 N–H and O–H groups in total. The maximum Gasteiger partial charge on any atom is 0.268 e. The lowest BCUT2D eigenvalue weighted by atomic mass is 9.96. The zero-order valence-corrected chi connectivity index (χ0v) is 23.0. The minimum Gasteiger partial charge on any atom is -0.372 e. The number of nitrogens with zero attached hydrogens (tertiary/aromatic N) is 4. The first-order chi connectivity index (χ1) is 18.9. The largest absolute Gasteiger partial charge is 0.372 e. The van der Waals surface area contributed by atoms with Gasteiger partial charge in [-0.15, -0.1) is 0 Å². The Morgan fingerprint density at radius 3 is 2.62 bits per heavy atom. The molecule has 2 amide bonds. The molecule has 0 bridgehead atoms. The van der Waals surface area contributed by atoms with Crippen molar-refractivity contribution in [3.8, 4) is 11.8 Å². The van der Waals surface area contributed by atoms with E-state index in [1.807, 2.05) is 19.0 Å². The molecule has 1 fully saturated rings. The molecule has 0 unspecified atom stereocenters. The van der Waals surface area contributed by atoms with Crippen molar-refractivity contribution in [1.82, 2.24) is 25.1 Å². The summed E-state index contributed by atoms with van der Waals surface area (Å²) in [5, 5.41) is 8.63. The second kappa shape index (κ2) is 13.3. The standard InChI is InChI=1S/C28H34F3N7O2/c1-27(18-28(30,31)19-38(27)23(39)10-8-16-37(3)4)25(40)33-15-7-5-6-9-20-17-34-26(36-24(20)32-2)35-22-13-11-21(29)12-14-22/h8,10-14,17H,5,7,15-16,18-19H2,1-4H3,(H,33,40)(H2,32,34,35,36)/b10-8+/t27-/m0/s1. The Morgan fingerprint density at radius 2 is 1.95 bits per heavy atom. The van der Waals surface area contributed by atoms with Crippen molar-refractivity contribution in [2.24, 2.45) is 0 Å². The average Bonchev–Trinajstić information content (AvgIpc) is 3.17. The molecular weight excluding hydrogens is 523 g/mol.